The van der Waals surface area contributed by atoms with Crippen LogP contribution in [0.5, 0.6) is 0 Å². The second kappa shape index (κ2) is 6.38. The highest BCUT2D eigenvalue weighted by atomic mass is 16.5. The number of nitrogens with zero attached hydrogens (tertiary/aromatic N) is 1. The molecule has 1 fully saturated rings. The van der Waals surface area contributed by atoms with Crippen molar-refractivity contribution < 1.29 is 4.74 Å². The van der Waals surface area contributed by atoms with Gasteiger partial charge in [-0.1, -0.05) is 13.8 Å². The van der Waals surface area contributed by atoms with Gasteiger partial charge in [-0.3, -0.25) is 4.90 Å². The van der Waals surface area contributed by atoms with Crippen LogP contribution in [-0.2, 0) is 4.74 Å². The average Bonchev–Trinajstić information content (AvgIpc) is 2.17. The molecule has 0 bridgehead atoms. The zero-order valence-corrected chi connectivity index (χ0v) is 9.75. The molecule has 1 aliphatic heterocycles. The molecular weight excluding hydrogens is 176 g/mol. The van der Waals surface area contributed by atoms with Gasteiger partial charge < -0.3 is 10.1 Å². The van der Waals surface area contributed by atoms with E-state index >= 15 is 0 Å². The Balaban J connectivity index is 2.09. The summed E-state index contributed by atoms with van der Waals surface area (Å²) in [5.41, 5.74) is 0. The topological polar surface area (TPSA) is 24.5 Å². The zero-order chi connectivity index (χ0) is 10.4. The molecule has 0 aromatic rings. The van der Waals surface area contributed by atoms with Crippen molar-refractivity contribution in [2.24, 2.45) is 5.92 Å². The van der Waals surface area contributed by atoms with Gasteiger partial charge in [0.25, 0.3) is 0 Å². The van der Waals surface area contributed by atoms with Crippen molar-refractivity contribution in [2.45, 2.75) is 32.7 Å². The molecule has 0 saturated carbocycles. The molecule has 1 N–H and O–H groups in total. The van der Waals surface area contributed by atoms with Crippen molar-refractivity contribution in [3.8, 4) is 0 Å². The van der Waals surface area contributed by atoms with E-state index in [2.05, 4.69) is 24.1 Å². The Labute approximate surface area is 87.8 Å². The average molecular weight is 200 g/mol. The lowest BCUT2D eigenvalue weighted by Gasteiger charge is -2.31. The summed E-state index contributed by atoms with van der Waals surface area (Å²) < 4.78 is 5.13. The predicted molar refractivity (Wildman–Crippen MR) is 59.3 cm³/mol. The largest absolute Gasteiger partial charge is 0.369 e. The van der Waals surface area contributed by atoms with Crippen molar-refractivity contribution in [3.05, 3.63) is 0 Å². The van der Waals surface area contributed by atoms with Gasteiger partial charge in [-0.25, -0.2) is 0 Å². The number of likely N-dealkylation sites (tertiary alicyclic amines) is 1. The molecule has 0 atom stereocenters. The van der Waals surface area contributed by atoms with Gasteiger partial charge >= 0.3 is 0 Å². The standard InChI is InChI=1S/C11H24N2O/c1-10(2)12-8-11-4-6-13(7-5-11)9-14-3/h10-12H,4-9H2,1-3H3. The Morgan fingerprint density at radius 2 is 2.00 bits per heavy atom. The van der Waals surface area contributed by atoms with E-state index < -0.39 is 0 Å². The molecule has 0 aliphatic carbocycles. The van der Waals surface area contributed by atoms with Gasteiger partial charge in [-0.2, -0.15) is 0 Å². The summed E-state index contributed by atoms with van der Waals surface area (Å²) in [5, 5.41) is 3.51. The van der Waals surface area contributed by atoms with E-state index in [0.29, 0.717) is 6.04 Å². The molecule has 1 saturated heterocycles. The first kappa shape index (κ1) is 12.0. The molecule has 1 rings (SSSR count). The van der Waals surface area contributed by atoms with Gasteiger partial charge in [0, 0.05) is 26.2 Å². The van der Waals surface area contributed by atoms with Gasteiger partial charge in [-0.15, -0.1) is 0 Å². The Morgan fingerprint density at radius 1 is 1.36 bits per heavy atom. The van der Waals surface area contributed by atoms with Crippen molar-refractivity contribution in [1.29, 1.82) is 0 Å². The van der Waals surface area contributed by atoms with Crippen molar-refractivity contribution >= 4 is 0 Å². The van der Waals surface area contributed by atoms with E-state index in [4.69, 9.17) is 4.74 Å². The first-order chi connectivity index (χ1) is 6.72. The Hall–Kier alpha value is -0.120. The van der Waals surface area contributed by atoms with E-state index in [0.717, 1.165) is 12.6 Å². The summed E-state index contributed by atoms with van der Waals surface area (Å²) in [7, 11) is 1.77. The summed E-state index contributed by atoms with van der Waals surface area (Å²) in [4.78, 5) is 2.38. The molecule has 0 aromatic heterocycles. The number of piperidine rings is 1. The number of hydrogen-bond acceptors (Lipinski definition) is 3. The van der Waals surface area contributed by atoms with Crippen LogP contribution in [0.1, 0.15) is 26.7 Å². The molecule has 3 heteroatoms. The van der Waals surface area contributed by atoms with Crippen LogP contribution in [0.15, 0.2) is 0 Å². The van der Waals surface area contributed by atoms with Crippen molar-refractivity contribution in [2.75, 3.05) is 33.5 Å². The SMILES string of the molecule is COCN1CCC(CNC(C)C)CC1. The molecule has 0 radical (unpaired) electrons. The van der Waals surface area contributed by atoms with Crippen LogP contribution >= 0.6 is 0 Å². The third-order valence-electron chi connectivity index (χ3n) is 2.83. The molecule has 1 aliphatic rings. The fourth-order valence-electron chi connectivity index (χ4n) is 1.90. The Bertz CT molecular complexity index is 142. The minimum absolute atomic E-state index is 0.618. The third-order valence-corrected chi connectivity index (χ3v) is 2.83. The molecule has 0 spiro atoms. The quantitative estimate of drug-likeness (QED) is 0.724. The van der Waals surface area contributed by atoms with Gasteiger partial charge in [0.2, 0.25) is 0 Å². The molecular formula is C11H24N2O. The summed E-state index contributed by atoms with van der Waals surface area (Å²) in [6.45, 7) is 8.78. The summed E-state index contributed by atoms with van der Waals surface area (Å²) in [6.07, 6.45) is 2.62. The highest BCUT2D eigenvalue weighted by molar-refractivity contribution is 4.73. The van der Waals surface area contributed by atoms with E-state index in [1.54, 1.807) is 7.11 Å². The van der Waals surface area contributed by atoms with Crippen LogP contribution < -0.4 is 5.32 Å². The predicted octanol–water partition coefficient (Wildman–Crippen LogP) is 1.30. The molecule has 0 amide bonds. The van der Waals surface area contributed by atoms with Crippen molar-refractivity contribution in [1.82, 2.24) is 10.2 Å². The fourth-order valence-corrected chi connectivity index (χ4v) is 1.90. The first-order valence-electron chi connectivity index (χ1n) is 5.67. The minimum Gasteiger partial charge on any atom is -0.369 e. The maximum absolute atomic E-state index is 5.13. The van der Waals surface area contributed by atoms with Gasteiger partial charge in [0.1, 0.15) is 0 Å². The van der Waals surface area contributed by atoms with Crippen LogP contribution in [0.25, 0.3) is 0 Å². The summed E-state index contributed by atoms with van der Waals surface area (Å²) in [5.74, 6) is 0.866. The second-order valence-electron chi connectivity index (χ2n) is 4.54. The highest BCUT2D eigenvalue weighted by Crippen LogP contribution is 2.15. The monoisotopic (exact) mass is 200 g/mol. The summed E-state index contributed by atoms with van der Waals surface area (Å²) >= 11 is 0. The lowest BCUT2D eigenvalue weighted by atomic mass is 9.97. The third kappa shape index (κ3) is 4.40. The molecule has 0 unspecified atom stereocenters. The van der Waals surface area contributed by atoms with E-state index in [9.17, 15) is 0 Å². The Morgan fingerprint density at radius 3 is 2.50 bits per heavy atom. The normalized spacial score (nSPS) is 20.6. The minimum atomic E-state index is 0.618. The molecule has 14 heavy (non-hydrogen) atoms. The fraction of sp³-hybridized carbons (Fsp3) is 1.00. The second-order valence-corrected chi connectivity index (χ2v) is 4.54. The Kier molecular flexibility index (Phi) is 5.45. The number of methoxy groups -OCH3 is 1. The molecule has 84 valence electrons. The van der Waals surface area contributed by atoms with E-state index in [1.807, 2.05) is 0 Å². The number of hydrogen-bond donors (Lipinski definition) is 1. The van der Waals surface area contributed by atoms with Crippen LogP contribution in [0.2, 0.25) is 0 Å². The molecule has 1 heterocycles. The zero-order valence-electron chi connectivity index (χ0n) is 9.75. The van der Waals surface area contributed by atoms with Gasteiger partial charge in [-0.05, 0) is 25.3 Å². The van der Waals surface area contributed by atoms with Crippen LogP contribution in [-0.4, -0.2) is 44.4 Å². The first-order valence-corrected chi connectivity index (χ1v) is 5.67. The number of ether oxygens (including phenoxy) is 1. The molecule has 3 nitrogen and oxygen atoms in total. The van der Waals surface area contributed by atoms with E-state index in [-0.39, 0.29) is 0 Å². The number of rotatable bonds is 5. The maximum atomic E-state index is 5.13. The highest BCUT2D eigenvalue weighted by Gasteiger charge is 2.18. The van der Waals surface area contributed by atoms with Crippen LogP contribution in [0.4, 0.5) is 0 Å². The molecule has 0 aromatic carbocycles. The smallest absolute Gasteiger partial charge is 0.0986 e. The van der Waals surface area contributed by atoms with Crippen LogP contribution in [0, 0.1) is 5.92 Å². The number of nitrogens with one attached hydrogen (secondary N) is 1. The summed E-state index contributed by atoms with van der Waals surface area (Å²) in [6, 6.07) is 0.618. The lowest BCUT2D eigenvalue weighted by molar-refractivity contribution is 0.0392. The van der Waals surface area contributed by atoms with Crippen molar-refractivity contribution in [3.63, 3.8) is 0 Å². The van der Waals surface area contributed by atoms with Gasteiger partial charge in [0.05, 0.1) is 6.73 Å². The van der Waals surface area contributed by atoms with Gasteiger partial charge in [0.15, 0.2) is 0 Å². The van der Waals surface area contributed by atoms with Crippen LogP contribution in [0.3, 0.4) is 0 Å². The maximum Gasteiger partial charge on any atom is 0.0986 e. The lowest BCUT2D eigenvalue weighted by Crippen LogP contribution is -2.39. The van der Waals surface area contributed by atoms with E-state index in [1.165, 1.54) is 32.5 Å².